The van der Waals surface area contributed by atoms with E-state index in [9.17, 15) is 18.0 Å². The van der Waals surface area contributed by atoms with Crippen molar-refractivity contribution in [1.29, 1.82) is 0 Å². The van der Waals surface area contributed by atoms with Gasteiger partial charge in [-0.2, -0.15) is 13.2 Å². The van der Waals surface area contributed by atoms with Gasteiger partial charge in [-0.15, -0.1) is 0 Å². The van der Waals surface area contributed by atoms with Crippen molar-refractivity contribution in [2.75, 3.05) is 0 Å². The summed E-state index contributed by atoms with van der Waals surface area (Å²) in [5.74, 6) is -0.832. The molecule has 0 aliphatic heterocycles. The molecular formula is C14H7Cl2F3O3. The fourth-order valence-electron chi connectivity index (χ4n) is 1.70. The number of carbonyl (C=O) groups is 1. The molecule has 0 bridgehead atoms. The van der Waals surface area contributed by atoms with Crippen molar-refractivity contribution in [2.24, 2.45) is 0 Å². The van der Waals surface area contributed by atoms with E-state index in [2.05, 4.69) is 0 Å². The maximum atomic E-state index is 12.7. The molecule has 2 rings (SSSR count). The van der Waals surface area contributed by atoms with Crippen molar-refractivity contribution >= 4 is 35.2 Å². The van der Waals surface area contributed by atoms with Crippen molar-refractivity contribution in [1.82, 2.24) is 0 Å². The number of carboxylic acids is 1. The van der Waals surface area contributed by atoms with Crippen molar-refractivity contribution in [2.45, 2.75) is 6.18 Å². The molecule has 0 aliphatic rings. The Kier molecular flexibility index (Phi) is 4.53. The lowest BCUT2D eigenvalue weighted by molar-refractivity contribution is -0.137. The summed E-state index contributed by atoms with van der Waals surface area (Å²) >= 11 is 11.7. The van der Waals surface area contributed by atoms with E-state index in [0.29, 0.717) is 0 Å². The molecule has 0 unspecified atom stereocenters. The van der Waals surface area contributed by atoms with Crippen LogP contribution >= 0.6 is 23.2 Å². The molecule has 0 amide bonds. The Morgan fingerprint density at radius 1 is 1.18 bits per heavy atom. The molecule has 2 aromatic rings. The monoisotopic (exact) mass is 350 g/mol. The van der Waals surface area contributed by atoms with E-state index in [1.165, 1.54) is 18.2 Å². The highest BCUT2D eigenvalue weighted by molar-refractivity contribution is 6.39. The Morgan fingerprint density at radius 3 is 2.27 bits per heavy atom. The summed E-state index contributed by atoms with van der Waals surface area (Å²) < 4.78 is 43.3. The number of carboxylic acid groups (broad SMARTS) is 1. The minimum atomic E-state index is -4.57. The van der Waals surface area contributed by atoms with Gasteiger partial charge in [-0.3, -0.25) is 0 Å². The average molecular weight is 351 g/mol. The van der Waals surface area contributed by atoms with E-state index in [4.69, 9.17) is 32.7 Å². The highest BCUT2D eigenvalue weighted by atomic mass is 35.5. The molecule has 1 aromatic heterocycles. The number of alkyl halides is 3. The molecule has 0 atom stereocenters. The van der Waals surface area contributed by atoms with Gasteiger partial charge in [-0.25, -0.2) is 4.79 Å². The van der Waals surface area contributed by atoms with E-state index < -0.39 is 17.7 Å². The lowest BCUT2D eigenvalue weighted by Gasteiger charge is -2.10. The second kappa shape index (κ2) is 6.06. The van der Waals surface area contributed by atoms with Gasteiger partial charge in [0.2, 0.25) is 0 Å². The van der Waals surface area contributed by atoms with Gasteiger partial charge in [0.1, 0.15) is 11.5 Å². The number of hydrogen-bond acceptors (Lipinski definition) is 2. The summed E-state index contributed by atoms with van der Waals surface area (Å²) in [4.78, 5) is 10.4. The first kappa shape index (κ1) is 16.5. The molecule has 1 heterocycles. The van der Waals surface area contributed by atoms with Gasteiger partial charge >= 0.3 is 12.1 Å². The minimum absolute atomic E-state index is 0.103. The van der Waals surface area contributed by atoms with Crippen LogP contribution in [0, 0.1) is 0 Å². The molecule has 0 aliphatic carbocycles. The summed E-state index contributed by atoms with van der Waals surface area (Å²) in [6.07, 6.45) is -2.51. The van der Waals surface area contributed by atoms with E-state index in [1.54, 1.807) is 0 Å². The molecule has 3 nitrogen and oxygen atoms in total. The Bertz CT molecular complexity index is 725. The summed E-state index contributed by atoms with van der Waals surface area (Å²) in [6.45, 7) is 0. The normalized spacial score (nSPS) is 12.0. The number of hydrogen-bond donors (Lipinski definition) is 1. The lowest BCUT2D eigenvalue weighted by atomic mass is 10.1. The van der Waals surface area contributed by atoms with Crippen LogP contribution < -0.4 is 0 Å². The average Bonchev–Trinajstić information content (AvgIpc) is 2.83. The lowest BCUT2D eigenvalue weighted by Crippen LogP contribution is -2.05. The van der Waals surface area contributed by atoms with Crippen LogP contribution in [0.1, 0.15) is 11.3 Å². The Labute approximate surface area is 132 Å². The summed E-state index contributed by atoms with van der Waals surface area (Å²) in [5, 5.41) is 8.08. The molecule has 0 radical (unpaired) electrons. The van der Waals surface area contributed by atoms with Crippen molar-refractivity contribution in [3.63, 3.8) is 0 Å². The fourth-order valence-corrected chi connectivity index (χ4v) is 2.38. The highest BCUT2D eigenvalue weighted by Gasteiger charge is 2.32. The molecule has 1 aromatic carbocycles. The number of benzene rings is 1. The van der Waals surface area contributed by atoms with Gasteiger partial charge in [-0.1, -0.05) is 23.2 Å². The van der Waals surface area contributed by atoms with Crippen molar-refractivity contribution in [3.8, 4) is 11.3 Å². The molecule has 0 saturated heterocycles. The summed E-state index contributed by atoms with van der Waals surface area (Å²) in [6, 6.07) is 4.37. The van der Waals surface area contributed by atoms with Gasteiger partial charge in [0.25, 0.3) is 0 Å². The number of furan rings is 1. The maximum absolute atomic E-state index is 12.7. The van der Waals surface area contributed by atoms with E-state index in [-0.39, 0.29) is 27.1 Å². The highest BCUT2D eigenvalue weighted by Crippen LogP contribution is 2.41. The first-order valence-electron chi connectivity index (χ1n) is 5.76. The van der Waals surface area contributed by atoms with E-state index in [1.807, 2.05) is 0 Å². The van der Waals surface area contributed by atoms with E-state index in [0.717, 1.165) is 18.2 Å². The van der Waals surface area contributed by atoms with Gasteiger partial charge < -0.3 is 9.52 Å². The first-order valence-corrected chi connectivity index (χ1v) is 6.51. The van der Waals surface area contributed by atoms with Crippen LogP contribution in [0.25, 0.3) is 17.4 Å². The predicted octanol–water partition coefficient (Wildman–Crippen LogP) is 5.37. The number of rotatable bonds is 3. The zero-order valence-electron chi connectivity index (χ0n) is 10.6. The van der Waals surface area contributed by atoms with Gasteiger partial charge in [-0.05, 0) is 30.3 Å². The number of aliphatic carboxylic acids is 1. The topological polar surface area (TPSA) is 50.4 Å². The quantitative estimate of drug-likeness (QED) is 0.757. The molecule has 0 fully saturated rings. The predicted molar refractivity (Wildman–Crippen MR) is 75.8 cm³/mol. The van der Waals surface area contributed by atoms with Gasteiger partial charge in [0.05, 0.1) is 21.2 Å². The van der Waals surface area contributed by atoms with Crippen LogP contribution in [0.15, 0.2) is 34.8 Å². The Morgan fingerprint density at radius 2 is 1.77 bits per heavy atom. The largest absolute Gasteiger partial charge is 0.478 e. The fraction of sp³-hybridized carbons (Fsp3) is 0.0714. The van der Waals surface area contributed by atoms with Crippen LogP contribution in [-0.2, 0) is 11.0 Å². The van der Waals surface area contributed by atoms with Crippen LogP contribution in [-0.4, -0.2) is 11.1 Å². The van der Waals surface area contributed by atoms with Crippen LogP contribution in [0.5, 0.6) is 0 Å². The van der Waals surface area contributed by atoms with Crippen LogP contribution in [0.4, 0.5) is 13.2 Å². The molecular weight excluding hydrogens is 344 g/mol. The standard InChI is InChI=1S/C14H7Cl2F3O3/c15-9-5-7(14(17,18)19)6-10(16)13(9)11-3-1-8(22-11)2-4-12(20)21/h1-6H,(H,20,21). The Hall–Kier alpha value is -1.92. The molecule has 8 heteroatoms. The third-order valence-corrected chi connectivity index (χ3v) is 3.23. The second-order valence-electron chi connectivity index (χ2n) is 4.19. The van der Waals surface area contributed by atoms with Crippen molar-refractivity contribution in [3.05, 3.63) is 51.7 Å². The van der Waals surface area contributed by atoms with Crippen molar-refractivity contribution < 1.29 is 27.5 Å². The zero-order chi connectivity index (χ0) is 16.5. The SMILES string of the molecule is O=C(O)C=Cc1ccc(-c2c(Cl)cc(C(F)(F)F)cc2Cl)o1. The Balaban J connectivity index is 2.44. The molecule has 116 valence electrons. The van der Waals surface area contributed by atoms with E-state index >= 15 is 0 Å². The third kappa shape index (κ3) is 3.64. The summed E-state index contributed by atoms with van der Waals surface area (Å²) in [5.41, 5.74) is -0.866. The first-order chi connectivity index (χ1) is 10.2. The third-order valence-electron chi connectivity index (χ3n) is 2.63. The molecule has 0 spiro atoms. The van der Waals surface area contributed by atoms with Gasteiger partial charge in [0.15, 0.2) is 0 Å². The minimum Gasteiger partial charge on any atom is -0.478 e. The molecule has 0 saturated carbocycles. The summed E-state index contributed by atoms with van der Waals surface area (Å²) in [7, 11) is 0. The van der Waals surface area contributed by atoms with Gasteiger partial charge in [0, 0.05) is 6.08 Å². The molecule has 22 heavy (non-hydrogen) atoms. The number of halogens is 5. The maximum Gasteiger partial charge on any atom is 0.416 e. The smallest absolute Gasteiger partial charge is 0.416 e. The van der Waals surface area contributed by atoms with Crippen LogP contribution in [0.2, 0.25) is 10.0 Å². The second-order valence-corrected chi connectivity index (χ2v) is 5.00. The van der Waals surface area contributed by atoms with Crippen LogP contribution in [0.3, 0.4) is 0 Å². The molecule has 1 N–H and O–H groups in total. The zero-order valence-corrected chi connectivity index (χ0v) is 12.1.